The highest BCUT2D eigenvalue weighted by Gasteiger charge is 2.43. The Balaban J connectivity index is 1.49. The third-order valence-corrected chi connectivity index (χ3v) is 4.61. The second-order valence-corrected chi connectivity index (χ2v) is 6.68. The van der Waals surface area contributed by atoms with E-state index in [4.69, 9.17) is 9.47 Å². The van der Waals surface area contributed by atoms with E-state index in [-0.39, 0.29) is 30.8 Å². The number of amides is 2. The first kappa shape index (κ1) is 18.6. The van der Waals surface area contributed by atoms with Gasteiger partial charge in [-0.3, -0.25) is 9.59 Å². The summed E-state index contributed by atoms with van der Waals surface area (Å²) in [7, 11) is 1.54. The van der Waals surface area contributed by atoms with E-state index in [1.807, 2.05) is 0 Å². The number of aliphatic hydroxyl groups excluding tert-OH is 2. The fraction of sp³-hybridized carbons (Fsp3) is 0.556. The Bertz CT molecular complexity index is 646. The van der Waals surface area contributed by atoms with Crippen LogP contribution in [-0.2, 0) is 9.53 Å². The highest BCUT2D eigenvalue weighted by atomic mass is 16.5. The largest absolute Gasteiger partial charge is 0.497 e. The number of rotatable bonds is 7. The Labute approximate surface area is 151 Å². The third-order valence-electron chi connectivity index (χ3n) is 4.61. The zero-order chi connectivity index (χ0) is 18.7. The molecule has 4 atom stereocenters. The van der Waals surface area contributed by atoms with Crippen molar-refractivity contribution >= 4 is 11.8 Å². The number of aliphatic hydroxyl groups is 2. The fourth-order valence-electron chi connectivity index (χ4n) is 2.90. The summed E-state index contributed by atoms with van der Waals surface area (Å²) in [6, 6.07) is 6.83. The van der Waals surface area contributed by atoms with Crippen molar-refractivity contribution in [3.63, 3.8) is 0 Å². The molecule has 0 aromatic heterocycles. The number of hydrogen-bond acceptors (Lipinski definition) is 6. The molecule has 4 N–H and O–H groups in total. The van der Waals surface area contributed by atoms with Crippen LogP contribution in [0.4, 0.5) is 0 Å². The first-order chi connectivity index (χ1) is 12.5. The summed E-state index contributed by atoms with van der Waals surface area (Å²) in [5, 5.41) is 25.7. The fourth-order valence-corrected chi connectivity index (χ4v) is 2.90. The maximum atomic E-state index is 12.2. The quantitative estimate of drug-likeness (QED) is 0.522. The van der Waals surface area contributed by atoms with Crippen molar-refractivity contribution < 1.29 is 29.3 Å². The molecule has 1 aliphatic carbocycles. The van der Waals surface area contributed by atoms with E-state index in [2.05, 4.69) is 10.6 Å². The monoisotopic (exact) mass is 364 g/mol. The van der Waals surface area contributed by atoms with Crippen molar-refractivity contribution in [3.05, 3.63) is 29.8 Å². The van der Waals surface area contributed by atoms with Crippen LogP contribution in [-0.4, -0.2) is 66.1 Å². The second kappa shape index (κ2) is 8.03. The lowest BCUT2D eigenvalue weighted by Crippen LogP contribution is -2.40. The van der Waals surface area contributed by atoms with Gasteiger partial charge in [-0.25, -0.2) is 0 Å². The van der Waals surface area contributed by atoms with Crippen LogP contribution < -0.4 is 15.4 Å². The van der Waals surface area contributed by atoms with Gasteiger partial charge in [-0.15, -0.1) is 0 Å². The van der Waals surface area contributed by atoms with Crippen LogP contribution in [0.5, 0.6) is 5.75 Å². The first-order valence-corrected chi connectivity index (χ1v) is 8.71. The number of carbonyl (C=O) groups is 2. The van der Waals surface area contributed by atoms with Gasteiger partial charge in [-0.05, 0) is 37.1 Å². The second-order valence-electron chi connectivity index (χ2n) is 6.68. The van der Waals surface area contributed by atoms with Gasteiger partial charge in [0.25, 0.3) is 5.91 Å². The summed E-state index contributed by atoms with van der Waals surface area (Å²) >= 11 is 0. The summed E-state index contributed by atoms with van der Waals surface area (Å²) in [5.74, 6) is 0.117. The van der Waals surface area contributed by atoms with E-state index in [0.717, 1.165) is 12.8 Å². The number of ether oxygens (including phenoxy) is 2. The lowest BCUT2D eigenvalue weighted by Gasteiger charge is -2.15. The van der Waals surface area contributed by atoms with Crippen LogP contribution in [0.15, 0.2) is 24.3 Å². The molecule has 1 saturated heterocycles. The van der Waals surface area contributed by atoms with E-state index in [1.165, 1.54) is 0 Å². The molecule has 2 fully saturated rings. The number of nitrogens with one attached hydrogen (secondary N) is 2. The molecular formula is C18H24N2O6. The van der Waals surface area contributed by atoms with Gasteiger partial charge >= 0.3 is 0 Å². The Hall–Kier alpha value is -2.16. The highest BCUT2D eigenvalue weighted by molar-refractivity contribution is 5.94. The van der Waals surface area contributed by atoms with E-state index in [9.17, 15) is 19.8 Å². The van der Waals surface area contributed by atoms with Crippen molar-refractivity contribution in [1.82, 2.24) is 10.6 Å². The van der Waals surface area contributed by atoms with Gasteiger partial charge in [0.05, 0.1) is 19.6 Å². The topological polar surface area (TPSA) is 117 Å². The number of carbonyl (C=O) groups excluding carboxylic acids is 2. The molecule has 0 unspecified atom stereocenters. The summed E-state index contributed by atoms with van der Waals surface area (Å²) in [5.41, 5.74) is 0.444. The van der Waals surface area contributed by atoms with Gasteiger partial charge in [-0.1, -0.05) is 0 Å². The molecule has 1 saturated carbocycles. The summed E-state index contributed by atoms with van der Waals surface area (Å²) in [6.07, 6.45) is -1.95. The Morgan fingerprint density at radius 3 is 2.42 bits per heavy atom. The van der Waals surface area contributed by atoms with Crippen molar-refractivity contribution in [3.8, 4) is 5.75 Å². The summed E-state index contributed by atoms with van der Waals surface area (Å²) in [6.45, 7) is 0.0316. The van der Waals surface area contributed by atoms with Gasteiger partial charge in [0.1, 0.15) is 24.1 Å². The maximum absolute atomic E-state index is 12.2. The van der Waals surface area contributed by atoms with Crippen molar-refractivity contribution in [1.29, 1.82) is 0 Å². The minimum atomic E-state index is -1.16. The summed E-state index contributed by atoms with van der Waals surface area (Å²) in [4.78, 5) is 24.0. The standard InChI is InChI=1S/C18H24N2O6/c1-25-12-6-2-10(3-7-12)18(24)19-9-14-17(23)16(22)13(26-14)8-15(21)20-11-4-5-11/h2-3,6-7,11,13-14,16-17,22-23H,4-5,8-9H2,1H3,(H,19,24)(H,20,21)/t13-,14+,16-,17+/m0/s1. The Morgan fingerprint density at radius 2 is 1.81 bits per heavy atom. The molecule has 2 aliphatic rings. The smallest absolute Gasteiger partial charge is 0.251 e. The predicted octanol–water partition coefficient (Wildman–Crippen LogP) is -0.417. The van der Waals surface area contributed by atoms with E-state index >= 15 is 0 Å². The molecule has 142 valence electrons. The Morgan fingerprint density at radius 1 is 1.15 bits per heavy atom. The minimum absolute atomic E-state index is 0.0162. The van der Waals surface area contributed by atoms with Gasteiger partial charge < -0.3 is 30.3 Å². The molecule has 0 bridgehead atoms. The molecule has 1 aliphatic heterocycles. The van der Waals surface area contributed by atoms with E-state index < -0.39 is 24.4 Å². The van der Waals surface area contributed by atoms with Crippen LogP contribution in [0.3, 0.4) is 0 Å². The van der Waals surface area contributed by atoms with E-state index in [1.54, 1.807) is 31.4 Å². The molecule has 1 heterocycles. The zero-order valence-electron chi connectivity index (χ0n) is 14.6. The van der Waals surface area contributed by atoms with Gasteiger partial charge in [0.2, 0.25) is 5.91 Å². The van der Waals surface area contributed by atoms with E-state index in [0.29, 0.717) is 11.3 Å². The molecule has 3 rings (SSSR count). The average molecular weight is 364 g/mol. The number of methoxy groups -OCH3 is 1. The van der Waals surface area contributed by atoms with Crippen molar-refractivity contribution in [2.45, 2.75) is 49.7 Å². The van der Waals surface area contributed by atoms with Crippen molar-refractivity contribution in [2.24, 2.45) is 0 Å². The Kier molecular flexibility index (Phi) is 5.75. The predicted molar refractivity (Wildman–Crippen MR) is 91.8 cm³/mol. The molecule has 8 nitrogen and oxygen atoms in total. The molecule has 1 aromatic carbocycles. The molecule has 0 radical (unpaired) electrons. The maximum Gasteiger partial charge on any atom is 0.251 e. The SMILES string of the molecule is COc1ccc(C(=O)NC[C@H]2O[C@@H](CC(=O)NC3CC3)[C@H](O)[C@@H]2O)cc1. The van der Waals surface area contributed by atoms with Gasteiger partial charge in [0.15, 0.2) is 0 Å². The molecule has 2 amide bonds. The van der Waals surface area contributed by atoms with Gasteiger partial charge in [-0.2, -0.15) is 0 Å². The minimum Gasteiger partial charge on any atom is -0.497 e. The van der Waals surface area contributed by atoms with Crippen LogP contribution >= 0.6 is 0 Å². The van der Waals surface area contributed by atoms with Crippen LogP contribution in [0.1, 0.15) is 29.6 Å². The first-order valence-electron chi connectivity index (χ1n) is 8.71. The normalized spacial score (nSPS) is 27.8. The number of hydrogen-bond donors (Lipinski definition) is 4. The van der Waals surface area contributed by atoms with Gasteiger partial charge in [0, 0.05) is 18.2 Å². The molecule has 26 heavy (non-hydrogen) atoms. The average Bonchev–Trinajstić information content (AvgIpc) is 3.42. The molecule has 8 heteroatoms. The lowest BCUT2D eigenvalue weighted by atomic mass is 10.1. The van der Waals surface area contributed by atoms with Crippen molar-refractivity contribution in [2.75, 3.05) is 13.7 Å². The zero-order valence-corrected chi connectivity index (χ0v) is 14.6. The lowest BCUT2D eigenvalue weighted by molar-refractivity contribution is -0.125. The summed E-state index contributed by atoms with van der Waals surface area (Å²) < 4.78 is 10.6. The van der Waals surface area contributed by atoms with Crippen LogP contribution in [0, 0.1) is 0 Å². The molecular weight excluding hydrogens is 340 g/mol. The molecule has 0 spiro atoms. The van der Waals surface area contributed by atoms with Crippen LogP contribution in [0.2, 0.25) is 0 Å². The highest BCUT2D eigenvalue weighted by Crippen LogP contribution is 2.25. The molecule has 1 aromatic rings. The number of benzene rings is 1. The van der Waals surface area contributed by atoms with Crippen LogP contribution in [0.25, 0.3) is 0 Å². The third kappa shape index (κ3) is 4.51.